The van der Waals surface area contributed by atoms with Crippen molar-refractivity contribution in [1.29, 1.82) is 0 Å². The number of hydrogen-bond donors (Lipinski definition) is 1. The summed E-state index contributed by atoms with van der Waals surface area (Å²) in [5, 5.41) is 0. The van der Waals surface area contributed by atoms with Gasteiger partial charge in [-0.1, -0.05) is 17.9 Å². The maximum absolute atomic E-state index is 5.58. The zero-order chi connectivity index (χ0) is 13.8. The van der Waals surface area contributed by atoms with Crippen molar-refractivity contribution in [3.8, 4) is 17.6 Å². The van der Waals surface area contributed by atoms with Crippen LogP contribution in [0.2, 0.25) is 0 Å². The second-order valence-electron chi connectivity index (χ2n) is 3.84. The Morgan fingerprint density at radius 1 is 1.16 bits per heavy atom. The van der Waals surface area contributed by atoms with E-state index < -0.39 is 0 Å². The van der Waals surface area contributed by atoms with E-state index in [0.29, 0.717) is 26.4 Å². The zero-order valence-corrected chi connectivity index (χ0v) is 11.4. The lowest BCUT2D eigenvalue weighted by Gasteiger charge is -2.07. The summed E-state index contributed by atoms with van der Waals surface area (Å²) in [6.45, 7) is 2.88. The maximum Gasteiger partial charge on any atom is 0.120 e. The number of methoxy groups -OCH3 is 1. The first-order chi connectivity index (χ1) is 9.36. The molecule has 2 N–H and O–H groups in total. The summed E-state index contributed by atoms with van der Waals surface area (Å²) in [6.07, 6.45) is 0.903. The predicted molar refractivity (Wildman–Crippen MR) is 75.2 cm³/mol. The molecule has 1 rings (SSSR count). The lowest BCUT2D eigenvalue weighted by molar-refractivity contribution is 0.0806. The van der Waals surface area contributed by atoms with Crippen LogP contribution in [0.1, 0.15) is 12.0 Å². The van der Waals surface area contributed by atoms with E-state index in [1.807, 2.05) is 24.3 Å². The van der Waals surface area contributed by atoms with Gasteiger partial charge in [-0.05, 0) is 24.6 Å². The lowest BCUT2D eigenvalue weighted by Crippen LogP contribution is -2.08. The molecule has 4 nitrogen and oxygen atoms in total. The van der Waals surface area contributed by atoms with Gasteiger partial charge in [0, 0.05) is 25.9 Å². The molecule has 0 saturated heterocycles. The smallest absolute Gasteiger partial charge is 0.120 e. The largest absolute Gasteiger partial charge is 0.491 e. The maximum atomic E-state index is 5.58. The molecule has 0 aliphatic rings. The molecule has 0 aromatic heterocycles. The fourth-order valence-corrected chi connectivity index (χ4v) is 1.44. The molecule has 104 valence electrons. The molecule has 0 heterocycles. The van der Waals surface area contributed by atoms with E-state index in [2.05, 4.69) is 11.8 Å². The molecule has 4 heteroatoms. The molecule has 0 bridgehead atoms. The van der Waals surface area contributed by atoms with Crippen LogP contribution in [-0.2, 0) is 9.47 Å². The minimum absolute atomic E-state index is 0.362. The van der Waals surface area contributed by atoms with Crippen LogP contribution < -0.4 is 10.5 Å². The summed E-state index contributed by atoms with van der Waals surface area (Å²) in [5.74, 6) is 6.58. The third-order valence-electron chi connectivity index (χ3n) is 2.30. The first-order valence-electron chi connectivity index (χ1n) is 6.35. The summed E-state index contributed by atoms with van der Waals surface area (Å²) in [7, 11) is 1.68. The SMILES string of the molecule is COCCCOCCOc1cccc(C#CCN)c1. The highest BCUT2D eigenvalue weighted by Gasteiger charge is 1.95. The Hall–Kier alpha value is -1.54. The molecule has 0 unspecified atom stereocenters. The summed E-state index contributed by atoms with van der Waals surface area (Å²) < 4.78 is 15.9. The number of ether oxygens (including phenoxy) is 3. The van der Waals surface area contributed by atoms with E-state index in [9.17, 15) is 0 Å². The van der Waals surface area contributed by atoms with Gasteiger partial charge in [-0.25, -0.2) is 0 Å². The van der Waals surface area contributed by atoms with Crippen molar-refractivity contribution in [3.63, 3.8) is 0 Å². The monoisotopic (exact) mass is 263 g/mol. The molecule has 0 fully saturated rings. The zero-order valence-electron chi connectivity index (χ0n) is 11.4. The van der Waals surface area contributed by atoms with Crippen LogP contribution >= 0.6 is 0 Å². The number of rotatable bonds is 8. The molecule has 0 saturated carbocycles. The van der Waals surface area contributed by atoms with Gasteiger partial charge in [0.25, 0.3) is 0 Å². The number of nitrogens with two attached hydrogens (primary N) is 1. The Bertz CT molecular complexity index is 409. The average molecular weight is 263 g/mol. The molecule has 0 spiro atoms. The molecule has 19 heavy (non-hydrogen) atoms. The second-order valence-corrected chi connectivity index (χ2v) is 3.84. The van der Waals surface area contributed by atoms with Crippen molar-refractivity contribution in [2.24, 2.45) is 5.73 Å². The Morgan fingerprint density at radius 3 is 2.84 bits per heavy atom. The van der Waals surface area contributed by atoms with Gasteiger partial charge >= 0.3 is 0 Å². The molecule has 0 amide bonds. The van der Waals surface area contributed by atoms with Crippen LogP contribution in [-0.4, -0.2) is 40.1 Å². The van der Waals surface area contributed by atoms with Crippen LogP contribution in [0.3, 0.4) is 0 Å². The summed E-state index contributed by atoms with van der Waals surface area (Å²) in [6, 6.07) is 7.64. The minimum Gasteiger partial charge on any atom is -0.491 e. The highest BCUT2D eigenvalue weighted by Crippen LogP contribution is 2.12. The molecule has 1 aromatic carbocycles. The number of benzene rings is 1. The van der Waals surface area contributed by atoms with Crippen molar-refractivity contribution in [1.82, 2.24) is 0 Å². The summed E-state index contributed by atoms with van der Waals surface area (Å²) in [4.78, 5) is 0. The quantitative estimate of drug-likeness (QED) is 0.569. The van der Waals surface area contributed by atoms with Crippen molar-refractivity contribution < 1.29 is 14.2 Å². The van der Waals surface area contributed by atoms with Gasteiger partial charge in [0.2, 0.25) is 0 Å². The predicted octanol–water partition coefficient (Wildman–Crippen LogP) is 1.43. The van der Waals surface area contributed by atoms with Crippen LogP contribution in [0.4, 0.5) is 0 Å². The van der Waals surface area contributed by atoms with Gasteiger partial charge in [-0.15, -0.1) is 0 Å². The molecule has 1 aromatic rings. The first-order valence-corrected chi connectivity index (χ1v) is 6.35. The molecule has 0 radical (unpaired) electrons. The molecule has 0 atom stereocenters. The van der Waals surface area contributed by atoms with Crippen LogP contribution in [0.5, 0.6) is 5.75 Å². The Labute approximate surface area is 114 Å². The van der Waals surface area contributed by atoms with Gasteiger partial charge < -0.3 is 19.9 Å². The standard InChI is InChI=1S/C15H21NO3/c1-17-9-4-10-18-11-12-19-15-7-2-5-14(13-15)6-3-8-16/h2,5,7,13H,4,8-12,16H2,1H3. The summed E-state index contributed by atoms with van der Waals surface area (Å²) >= 11 is 0. The lowest BCUT2D eigenvalue weighted by atomic mass is 10.2. The molecular formula is C15H21NO3. The molecular weight excluding hydrogens is 242 g/mol. The van der Waals surface area contributed by atoms with Gasteiger partial charge in [0.15, 0.2) is 0 Å². The Balaban J connectivity index is 2.22. The van der Waals surface area contributed by atoms with Gasteiger partial charge in [0.05, 0.1) is 13.2 Å². The Kier molecular flexibility index (Phi) is 8.48. The highest BCUT2D eigenvalue weighted by molar-refractivity contribution is 5.39. The van der Waals surface area contributed by atoms with Crippen LogP contribution in [0.15, 0.2) is 24.3 Å². The van der Waals surface area contributed by atoms with E-state index in [0.717, 1.165) is 24.3 Å². The van der Waals surface area contributed by atoms with Crippen molar-refractivity contribution in [3.05, 3.63) is 29.8 Å². The average Bonchev–Trinajstić information content (AvgIpc) is 2.44. The fraction of sp³-hybridized carbons (Fsp3) is 0.467. The van der Waals surface area contributed by atoms with Gasteiger partial charge in [0.1, 0.15) is 12.4 Å². The van der Waals surface area contributed by atoms with E-state index in [-0.39, 0.29) is 0 Å². The first kappa shape index (κ1) is 15.5. The van der Waals surface area contributed by atoms with Crippen LogP contribution in [0, 0.1) is 11.8 Å². The fourth-order valence-electron chi connectivity index (χ4n) is 1.44. The van der Waals surface area contributed by atoms with Crippen LogP contribution in [0.25, 0.3) is 0 Å². The van der Waals surface area contributed by atoms with Gasteiger partial charge in [-0.3, -0.25) is 0 Å². The van der Waals surface area contributed by atoms with E-state index >= 15 is 0 Å². The van der Waals surface area contributed by atoms with E-state index in [4.69, 9.17) is 19.9 Å². The minimum atomic E-state index is 0.362. The molecule has 0 aliphatic carbocycles. The van der Waals surface area contributed by atoms with Crippen molar-refractivity contribution >= 4 is 0 Å². The number of hydrogen-bond acceptors (Lipinski definition) is 4. The van der Waals surface area contributed by atoms with E-state index in [1.165, 1.54) is 0 Å². The third kappa shape index (κ3) is 7.47. The Morgan fingerprint density at radius 2 is 2.05 bits per heavy atom. The second kappa shape index (κ2) is 10.4. The normalized spacial score (nSPS) is 9.79. The van der Waals surface area contributed by atoms with E-state index in [1.54, 1.807) is 7.11 Å². The topological polar surface area (TPSA) is 53.7 Å². The molecule has 0 aliphatic heterocycles. The van der Waals surface area contributed by atoms with Crippen molar-refractivity contribution in [2.75, 3.05) is 40.1 Å². The summed E-state index contributed by atoms with van der Waals surface area (Å²) in [5.41, 5.74) is 6.24. The van der Waals surface area contributed by atoms with Crippen molar-refractivity contribution in [2.45, 2.75) is 6.42 Å². The third-order valence-corrected chi connectivity index (χ3v) is 2.30. The highest BCUT2D eigenvalue weighted by atomic mass is 16.5. The van der Waals surface area contributed by atoms with Gasteiger partial charge in [-0.2, -0.15) is 0 Å².